The molecule has 3 heterocycles. The largest absolute Gasteiger partial charge is 0.322 e. The number of benzene rings is 2. The summed E-state index contributed by atoms with van der Waals surface area (Å²) in [6.45, 7) is 2.03. The lowest BCUT2D eigenvalue weighted by Crippen LogP contribution is -2.52. The highest BCUT2D eigenvalue weighted by Crippen LogP contribution is 2.38. The number of hydrogen-bond acceptors (Lipinski definition) is 5. The molecule has 0 saturated carbocycles. The summed E-state index contributed by atoms with van der Waals surface area (Å²) in [6, 6.07) is 8.23. The van der Waals surface area contributed by atoms with Gasteiger partial charge < -0.3 is 4.90 Å². The van der Waals surface area contributed by atoms with Crippen LogP contribution in [0.15, 0.2) is 30.3 Å². The lowest BCUT2D eigenvalue weighted by molar-refractivity contribution is -0.136. The van der Waals surface area contributed by atoms with Crippen LogP contribution in [-0.2, 0) is 22.7 Å². The van der Waals surface area contributed by atoms with Gasteiger partial charge in [0.25, 0.3) is 5.91 Å². The number of nitriles is 1. The quantitative estimate of drug-likeness (QED) is 0.682. The summed E-state index contributed by atoms with van der Waals surface area (Å²) in [4.78, 5) is 40.5. The molecule has 180 valence electrons. The fourth-order valence-electron chi connectivity index (χ4n) is 5.46. The monoisotopic (exact) mass is 478 g/mol. The Balaban J connectivity index is 1.32. The second-order valence-corrected chi connectivity index (χ2v) is 9.38. The van der Waals surface area contributed by atoms with Crippen molar-refractivity contribution in [2.75, 3.05) is 13.1 Å². The first-order valence-corrected chi connectivity index (χ1v) is 11.7. The van der Waals surface area contributed by atoms with Gasteiger partial charge in [-0.3, -0.25) is 24.6 Å². The Kier molecular flexibility index (Phi) is 6.07. The highest BCUT2D eigenvalue weighted by Gasteiger charge is 2.41. The fraction of sp³-hybridized carbons (Fsp3) is 0.385. The Labute approximate surface area is 201 Å². The number of carbonyl (C=O) groups is 3. The van der Waals surface area contributed by atoms with Crippen LogP contribution < -0.4 is 5.32 Å². The lowest BCUT2D eigenvalue weighted by atomic mass is 9.85. The van der Waals surface area contributed by atoms with E-state index in [0.29, 0.717) is 30.8 Å². The number of nitrogens with zero attached hydrogens (tertiary/aromatic N) is 3. The number of nitrogens with one attached hydrogen (secondary N) is 1. The molecule has 5 rings (SSSR count). The maximum atomic E-state index is 14.6. The van der Waals surface area contributed by atoms with Crippen molar-refractivity contribution in [2.24, 2.45) is 0 Å². The molecule has 2 aromatic carbocycles. The van der Waals surface area contributed by atoms with Crippen LogP contribution in [0, 0.1) is 23.0 Å². The van der Waals surface area contributed by atoms with Crippen molar-refractivity contribution in [1.29, 1.82) is 5.26 Å². The maximum Gasteiger partial charge on any atom is 0.255 e. The van der Waals surface area contributed by atoms with E-state index >= 15 is 0 Å². The number of amides is 3. The van der Waals surface area contributed by atoms with E-state index in [4.69, 9.17) is 0 Å². The molecule has 1 N–H and O–H groups in total. The van der Waals surface area contributed by atoms with E-state index in [2.05, 4.69) is 16.3 Å². The minimum atomic E-state index is -0.744. The number of carbonyl (C=O) groups excluding carboxylic acids is 3. The molecule has 0 radical (unpaired) electrons. The number of hydrogen-bond donors (Lipinski definition) is 1. The molecule has 3 amide bonds. The van der Waals surface area contributed by atoms with Crippen LogP contribution in [0.25, 0.3) is 0 Å². The van der Waals surface area contributed by atoms with Crippen LogP contribution in [0.2, 0.25) is 0 Å². The predicted molar refractivity (Wildman–Crippen MR) is 121 cm³/mol. The smallest absolute Gasteiger partial charge is 0.255 e. The van der Waals surface area contributed by atoms with Gasteiger partial charge in [0.05, 0.1) is 11.6 Å². The zero-order chi connectivity index (χ0) is 24.7. The number of imide groups is 1. The topological polar surface area (TPSA) is 93.5 Å². The van der Waals surface area contributed by atoms with Crippen LogP contribution in [-0.4, -0.2) is 46.7 Å². The molecule has 1 atom stereocenters. The molecule has 7 nitrogen and oxygen atoms in total. The van der Waals surface area contributed by atoms with Crippen molar-refractivity contribution in [3.05, 3.63) is 69.8 Å². The molecule has 0 bridgehead atoms. The Morgan fingerprint density at radius 3 is 2.51 bits per heavy atom. The minimum absolute atomic E-state index is 0.0353. The zero-order valence-electron chi connectivity index (χ0n) is 19.0. The van der Waals surface area contributed by atoms with E-state index in [1.54, 1.807) is 0 Å². The second-order valence-electron chi connectivity index (χ2n) is 9.38. The first-order chi connectivity index (χ1) is 16.8. The van der Waals surface area contributed by atoms with Crippen molar-refractivity contribution in [2.45, 2.75) is 50.7 Å². The summed E-state index contributed by atoms with van der Waals surface area (Å²) in [5, 5.41) is 11.6. The van der Waals surface area contributed by atoms with Gasteiger partial charge in [-0.25, -0.2) is 8.78 Å². The Hall–Kier alpha value is -3.64. The van der Waals surface area contributed by atoms with Gasteiger partial charge in [0.2, 0.25) is 11.8 Å². The normalized spacial score (nSPS) is 21.1. The third-order valence-corrected chi connectivity index (χ3v) is 7.26. The highest BCUT2D eigenvalue weighted by molar-refractivity contribution is 6.05. The summed E-state index contributed by atoms with van der Waals surface area (Å²) < 4.78 is 28.3. The van der Waals surface area contributed by atoms with E-state index < -0.39 is 17.8 Å². The highest BCUT2D eigenvalue weighted by atomic mass is 19.1. The summed E-state index contributed by atoms with van der Waals surface area (Å²) in [5.41, 5.74) is 2.90. The Morgan fingerprint density at radius 1 is 1.03 bits per heavy atom. The number of likely N-dealkylation sites (tertiary alicyclic amines) is 1. The standard InChI is InChI=1S/C26H24F2N4O3/c27-18-2-1-16(12-29)17(9-18)13-31-7-5-15(6-8-31)20-10-19(28)11-21-22(20)14-32(26(21)35)23-3-4-24(33)30-25(23)34/h1-2,9-11,15,23H,3-8,13-14H2,(H,30,33,34). The van der Waals surface area contributed by atoms with Gasteiger partial charge in [0.15, 0.2) is 0 Å². The molecular formula is C26H24F2N4O3. The van der Waals surface area contributed by atoms with Crippen molar-refractivity contribution >= 4 is 17.7 Å². The van der Waals surface area contributed by atoms with Gasteiger partial charge in [-0.1, -0.05) is 0 Å². The molecule has 2 fully saturated rings. The molecule has 1 unspecified atom stereocenters. The molecule has 2 saturated heterocycles. The van der Waals surface area contributed by atoms with Gasteiger partial charge in [0.1, 0.15) is 17.7 Å². The third-order valence-electron chi connectivity index (χ3n) is 7.26. The van der Waals surface area contributed by atoms with Crippen LogP contribution >= 0.6 is 0 Å². The molecule has 9 heteroatoms. The molecule has 2 aromatic rings. The zero-order valence-corrected chi connectivity index (χ0v) is 19.0. The summed E-state index contributed by atoms with van der Waals surface area (Å²) in [5.74, 6) is -2.07. The number of fused-ring (bicyclic) bond motifs is 1. The average Bonchev–Trinajstić information content (AvgIpc) is 3.15. The van der Waals surface area contributed by atoms with Crippen molar-refractivity contribution < 1.29 is 23.2 Å². The van der Waals surface area contributed by atoms with Crippen LogP contribution in [0.5, 0.6) is 0 Å². The van der Waals surface area contributed by atoms with Crippen LogP contribution in [0.3, 0.4) is 0 Å². The number of piperidine rings is 2. The number of halogens is 2. The van der Waals surface area contributed by atoms with E-state index in [-0.39, 0.29) is 48.5 Å². The van der Waals surface area contributed by atoms with Crippen LogP contribution in [0.4, 0.5) is 8.78 Å². The first-order valence-electron chi connectivity index (χ1n) is 11.7. The summed E-state index contributed by atoms with van der Waals surface area (Å²) >= 11 is 0. The number of rotatable bonds is 4. The van der Waals surface area contributed by atoms with E-state index in [0.717, 1.165) is 24.0 Å². The molecule has 0 spiro atoms. The molecule has 0 aliphatic carbocycles. The molecule has 3 aliphatic heterocycles. The SMILES string of the molecule is N#Cc1ccc(F)cc1CN1CCC(c2cc(F)cc3c2CN(C2CCC(=O)NC2=O)C3=O)CC1. The fourth-order valence-corrected chi connectivity index (χ4v) is 5.46. The first kappa shape index (κ1) is 23.1. The second kappa shape index (κ2) is 9.19. The van der Waals surface area contributed by atoms with Crippen LogP contribution in [0.1, 0.15) is 64.2 Å². The van der Waals surface area contributed by atoms with E-state index in [1.165, 1.54) is 35.2 Å². The van der Waals surface area contributed by atoms with Gasteiger partial charge >= 0.3 is 0 Å². The molecular weight excluding hydrogens is 454 g/mol. The predicted octanol–water partition coefficient (Wildman–Crippen LogP) is 2.98. The summed E-state index contributed by atoms with van der Waals surface area (Å²) in [6.07, 6.45) is 1.86. The molecule has 35 heavy (non-hydrogen) atoms. The summed E-state index contributed by atoms with van der Waals surface area (Å²) in [7, 11) is 0. The minimum Gasteiger partial charge on any atom is -0.322 e. The van der Waals surface area contributed by atoms with Crippen molar-refractivity contribution in [3.63, 3.8) is 0 Å². The van der Waals surface area contributed by atoms with Gasteiger partial charge in [-0.15, -0.1) is 0 Å². The Bertz CT molecular complexity index is 1260. The van der Waals surface area contributed by atoms with Gasteiger partial charge in [0, 0.05) is 25.1 Å². The molecule has 0 aromatic heterocycles. The van der Waals surface area contributed by atoms with Gasteiger partial charge in [-0.05, 0) is 85.3 Å². The van der Waals surface area contributed by atoms with Crippen molar-refractivity contribution in [1.82, 2.24) is 15.1 Å². The lowest BCUT2D eigenvalue weighted by Gasteiger charge is -2.33. The van der Waals surface area contributed by atoms with E-state index in [1.807, 2.05) is 0 Å². The Morgan fingerprint density at radius 2 is 1.80 bits per heavy atom. The van der Waals surface area contributed by atoms with Crippen molar-refractivity contribution in [3.8, 4) is 6.07 Å². The van der Waals surface area contributed by atoms with E-state index in [9.17, 15) is 28.4 Å². The third kappa shape index (κ3) is 4.42. The average molecular weight is 478 g/mol. The molecule has 3 aliphatic rings. The van der Waals surface area contributed by atoms with Gasteiger partial charge in [-0.2, -0.15) is 5.26 Å². The maximum absolute atomic E-state index is 14.6.